The zero-order valence-corrected chi connectivity index (χ0v) is 6.92. The molecule has 2 nitrogen and oxygen atoms in total. The summed E-state index contributed by atoms with van der Waals surface area (Å²) < 4.78 is 30.5. The molecule has 0 bridgehead atoms. The van der Waals surface area contributed by atoms with Crippen molar-refractivity contribution >= 4 is 0 Å². The van der Waals surface area contributed by atoms with E-state index in [1.165, 1.54) is 13.0 Å². The van der Waals surface area contributed by atoms with Crippen molar-refractivity contribution in [3.63, 3.8) is 0 Å². The van der Waals surface area contributed by atoms with Crippen LogP contribution in [0.25, 0.3) is 0 Å². The zero-order chi connectivity index (χ0) is 9.84. The second-order valence-corrected chi connectivity index (χ2v) is 2.44. The molecule has 1 aromatic carbocycles. The van der Waals surface area contributed by atoms with Gasteiger partial charge in [0.15, 0.2) is 23.5 Å². The lowest BCUT2D eigenvalue weighted by atomic mass is 10.3. The number of hydrogen-bond acceptors (Lipinski definition) is 2. The zero-order valence-electron chi connectivity index (χ0n) is 6.92. The van der Waals surface area contributed by atoms with E-state index in [2.05, 4.69) is 0 Å². The molecule has 1 rings (SSSR count). The molecule has 1 aromatic rings. The monoisotopic (exact) mass is 183 g/mol. The summed E-state index contributed by atoms with van der Waals surface area (Å²) in [6.07, 6.45) is -0.869. The fraction of sp³-hybridized carbons (Fsp3) is 0.222. The Morgan fingerprint density at radius 2 is 1.92 bits per heavy atom. The molecule has 0 aliphatic carbocycles. The minimum atomic E-state index is -0.869. The van der Waals surface area contributed by atoms with Crippen molar-refractivity contribution in [1.82, 2.24) is 0 Å². The summed E-state index contributed by atoms with van der Waals surface area (Å²) in [5, 5.41) is 8.36. The maximum atomic E-state index is 12.9. The third-order valence-corrected chi connectivity index (χ3v) is 1.40. The number of nitrogens with zero attached hydrogens (tertiary/aromatic N) is 1. The molecule has 0 saturated carbocycles. The van der Waals surface area contributed by atoms with E-state index in [1.807, 2.05) is 0 Å². The van der Waals surface area contributed by atoms with Gasteiger partial charge in [-0.25, -0.2) is 8.78 Å². The van der Waals surface area contributed by atoms with E-state index in [1.54, 1.807) is 6.07 Å². The van der Waals surface area contributed by atoms with E-state index in [0.717, 1.165) is 12.1 Å². The fourth-order valence-corrected chi connectivity index (χ4v) is 0.798. The Hall–Kier alpha value is -1.63. The van der Waals surface area contributed by atoms with E-state index in [4.69, 9.17) is 10.00 Å². The van der Waals surface area contributed by atoms with Gasteiger partial charge in [-0.2, -0.15) is 5.26 Å². The van der Waals surface area contributed by atoms with Crippen molar-refractivity contribution < 1.29 is 13.5 Å². The van der Waals surface area contributed by atoms with Gasteiger partial charge in [-0.05, 0) is 19.1 Å². The Kier molecular flexibility index (Phi) is 2.80. The van der Waals surface area contributed by atoms with Crippen LogP contribution in [0.3, 0.4) is 0 Å². The molecule has 0 N–H and O–H groups in total. The van der Waals surface area contributed by atoms with Crippen molar-refractivity contribution in [2.24, 2.45) is 0 Å². The van der Waals surface area contributed by atoms with Gasteiger partial charge < -0.3 is 4.74 Å². The van der Waals surface area contributed by atoms with Crippen LogP contribution >= 0.6 is 0 Å². The number of benzene rings is 1. The number of para-hydroxylation sites is 1. The molecular formula is C9H7F2NO. The molecule has 4 heteroatoms. The summed E-state index contributed by atoms with van der Waals surface area (Å²) in [5.74, 6) is -2.11. The predicted molar refractivity (Wildman–Crippen MR) is 42.1 cm³/mol. The number of halogens is 2. The Labute approximate surface area is 74.4 Å². The molecule has 0 amide bonds. The van der Waals surface area contributed by atoms with Crippen LogP contribution in [0, 0.1) is 23.0 Å². The van der Waals surface area contributed by atoms with Crippen LogP contribution in [0.2, 0.25) is 0 Å². The summed E-state index contributed by atoms with van der Waals surface area (Å²) in [7, 11) is 0. The first kappa shape index (κ1) is 9.46. The highest BCUT2D eigenvalue weighted by Crippen LogP contribution is 2.21. The summed E-state index contributed by atoms with van der Waals surface area (Å²) in [6, 6.07) is 5.09. The Balaban J connectivity index is 2.95. The SMILES string of the molecule is CC(C#N)Oc1c(F)cccc1F. The van der Waals surface area contributed by atoms with Crippen LogP contribution in [0.5, 0.6) is 5.75 Å². The van der Waals surface area contributed by atoms with Crippen LogP contribution in [0.1, 0.15) is 6.92 Å². The highest BCUT2D eigenvalue weighted by Gasteiger charge is 2.12. The molecule has 0 heterocycles. The molecule has 0 aliphatic rings. The third-order valence-electron chi connectivity index (χ3n) is 1.40. The van der Waals surface area contributed by atoms with Crippen LogP contribution in [-0.4, -0.2) is 6.10 Å². The average molecular weight is 183 g/mol. The van der Waals surface area contributed by atoms with E-state index in [-0.39, 0.29) is 0 Å². The maximum Gasteiger partial charge on any atom is 0.192 e. The lowest BCUT2D eigenvalue weighted by Crippen LogP contribution is -2.10. The van der Waals surface area contributed by atoms with Gasteiger partial charge in [-0.15, -0.1) is 0 Å². The van der Waals surface area contributed by atoms with E-state index < -0.39 is 23.5 Å². The molecule has 0 aromatic heterocycles. The number of nitriles is 1. The first-order valence-corrected chi connectivity index (χ1v) is 3.65. The molecule has 0 aliphatic heterocycles. The van der Waals surface area contributed by atoms with Gasteiger partial charge >= 0.3 is 0 Å². The quantitative estimate of drug-likeness (QED) is 0.704. The van der Waals surface area contributed by atoms with Gasteiger partial charge in [0, 0.05) is 0 Å². The van der Waals surface area contributed by atoms with Crippen molar-refractivity contribution in [1.29, 1.82) is 5.26 Å². The number of rotatable bonds is 2. The molecular weight excluding hydrogens is 176 g/mol. The van der Waals surface area contributed by atoms with Crippen LogP contribution in [0.4, 0.5) is 8.78 Å². The molecule has 13 heavy (non-hydrogen) atoms. The van der Waals surface area contributed by atoms with Gasteiger partial charge in [-0.3, -0.25) is 0 Å². The molecule has 1 unspecified atom stereocenters. The highest BCUT2D eigenvalue weighted by molar-refractivity contribution is 5.26. The molecule has 0 saturated heterocycles. The molecule has 0 radical (unpaired) electrons. The van der Waals surface area contributed by atoms with Crippen molar-refractivity contribution in [2.45, 2.75) is 13.0 Å². The number of ether oxygens (including phenoxy) is 1. The van der Waals surface area contributed by atoms with Crippen molar-refractivity contribution in [2.75, 3.05) is 0 Å². The second-order valence-electron chi connectivity index (χ2n) is 2.44. The Morgan fingerprint density at radius 3 is 2.38 bits per heavy atom. The van der Waals surface area contributed by atoms with Crippen LogP contribution in [0.15, 0.2) is 18.2 Å². The fourth-order valence-electron chi connectivity index (χ4n) is 0.798. The summed E-state index contributed by atoms with van der Waals surface area (Å²) in [5.41, 5.74) is 0. The summed E-state index contributed by atoms with van der Waals surface area (Å²) in [6.45, 7) is 1.41. The van der Waals surface area contributed by atoms with E-state index in [0.29, 0.717) is 0 Å². The van der Waals surface area contributed by atoms with Crippen molar-refractivity contribution in [3.05, 3.63) is 29.8 Å². The van der Waals surface area contributed by atoms with Crippen molar-refractivity contribution in [3.8, 4) is 11.8 Å². The van der Waals surface area contributed by atoms with Crippen LogP contribution < -0.4 is 4.74 Å². The molecule has 0 fully saturated rings. The standard InChI is InChI=1S/C9H7F2NO/c1-6(5-12)13-9-7(10)3-2-4-8(9)11/h2-4,6H,1H3. The second kappa shape index (κ2) is 3.85. The predicted octanol–water partition coefficient (Wildman–Crippen LogP) is 2.26. The van der Waals surface area contributed by atoms with E-state index >= 15 is 0 Å². The Morgan fingerprint density at radius 1 is 1.38 bits per heavy atom. The lowest BCUT2D eigenvalue weighted by Gasteiger charge is -2.08. The summed E-state index contributed by atoms with van der Waals surface area (Å²) >= 11 is 0. The highest BCUT2D eigenvalue weighted by atomic mass is 19.1. The lowest BCUT2D eigenvalue weighted by molar-refractivity contribution is 0.249. The average Bonchev–Trinajstić information content (AvgIpc) is 2.11. The minimum absolute atomic E-state index is 0.503. The molecule has 1 atom stereocenters. The molecule has 68 valence electrons. The van der Waals surface area contributed by atoms with E-state index in [9.17, 15) is 8.78 Å². The van der Waals surface area contributed by atoms with Crippen LogP contribution in [-0.2, 0) is 0 Å². The number of hydrogen-bond donors (Lipinski definition) is 0. The largest absolute Gasteiger partial charge is 0.470 e. The summed E-state index contributed by atoms with van der Waals surface area (Å²) in [4.78, 5) is 0. The van der Waals surface area contributed by atoms with Gasteiger partial charge in [0.2, 0.25) is 0 Å². The minimum Gasteiger partial charge on any atom is -0.470 e. The van der Waals surface area contributed by atoms with Gasteiger partial charge in [-0.1, -0.05) is 6.07 Å². The first-order valence-electron chi connectivity index (χ1n) is 3.65. The van der Waals surface area contributed by atoms with Gasteiger partial charge in [0.25, 0.3) is 0 Å². The van der Waals surface area contributed by atoms with Gasteiger partial charge in [0.05, 0.1) is 0 Å². The maximum absolute atomic E-state index is 12.9. The normalized spacial score (nSPS) is 11.8. The smallest absolute Gasteiger partial charge is 0.192 e. The molecule has 0 spiro atoms. The first-order chi connectivity index (χ1) is 6.15. The topological polar surface area (TPSA) is 33.0 Å². The third kappa shape index (κ3) is 2.15. The van der Waals surface area contributed by atoms with Gasteiger partial charge in [0.1, 0.15) is 6.07 Å². The Bertz CT molecular complexity index is 326.